The molecule has 3 aromatic carbocycles. The van der Waals surface area contributed by atoms with Crippen molar-refractivity contribution in [3.8, 4) is 11.5 Å². The Kier molecular flexibility index (Phi) is 4.67. The van der Waals surface area contributed by atoms with Gasteiger partial charge in [-0.15, -0.1) is 0 Å². The maximum Gasteiger partial charge on any atom is 0.127 e. The molecule has 28 heavy (non-hydrogen) atoms. The first-order chi connectivity index (χ1) is 13.8. The third-order valence-corrected chi connectivity index (χ3v) is 5.43. The molecule has 0 N–H and O–H groups in total. The minimum Gasteiger partial charge on any atom is -0.491 e. The molecule has 4 nitrogen and oxygen atoms in total. The van der Waals surface area contributed by atoms with Gasteiger partial charge in [0.25, 0.3) is 0 Å². The molecule has 2 aliphatic rings. The predicted octanol–water partition coefficient (Wildman–Crippen LogP) is 4.55. The van der Waals surface area contributed by atoms with E-state index in [4.69, 9.17) is 18.9 Å². The van der Waals surface area contributed by atoms with Gasteiger partial charge >= 0.3 is 0 Å². The van der Waals surface area contributed by atoms with Gasteiger partial charge in [0.15, 0.2) is 0 Å². The maximum atomic E-state index is 6.00. The van der Waals surface area contributed by atoms with Crippen molar-refractivity contribution in [3.63, 3.8) is 0 Å². The first-order valence-corrected chi connectivity index (χ1v) is 9.88. The van der Waals surface area contributed by atoms with E-state index < -0.39 is 0 Å². The second-order valence-electron chi connectivity index (χ2n) is 7.52. The highest BCUT2D eigenvalue weighted by molar-refractivity contribution is 5.91. The van der Waals surface area contributed by atoms with Gasteiger partial charge in [-0.1, -0.05) is 49.4 Å². The standard InChI is InChI=1S/C24H24O4/c1-16(17-8-10-18(11-9-17)25-12-19-13-26-19)21-4-2-6-23-22(21)5-3-7-24(23)28-15-20-14-27-20/h2-11,16,19-20H,12-15H2,1H3. The van der Waals surface area contributed by atoms with Crippen molar-refractivity contribution in [2.24, 2.45) is 0 Å². The van der Waals surface area contributed by atoms with E-state index in [1.54, 1.807) is 0 Å². The summed E-state index contributed by atoms with van der Waals surface area (Å²) in [6.07, 6.45) is 0.529. The minimum atomic E-state index is 0.254. The quantitative estimate of drug-likeness (QED) is 0.541. The Hall–Kier alpha value is -2.56. The predicted molar refractivity (Wildman–Crippen MR) is 108 cm³/mol. The van der Waals surface area contributed by atoms with Gasteiger partial charge in [-0.2, -0.15) is 0 Å². The summed E-state index contributed by atoms with van der Waals surface area (Å²) in [4.78, 5) is 0. The Bertz CT molecular complexity index is 958. The molecular weight excluding hydrogens is 352 g/mol. The molecule has 2 saturated heterocycles. The van der Waals surface area contributed by atoms with Crippen molar-refractivity contribution >= 4 is 10.8 Å². The number of epoxide rings is 2. The molecule has 3 unspecified atom stereocenters. The van der Waals surface area contributed by atoms with Crippen LogP contribution in [0.5, 0.6) is 11.5 Å². The van der Waals surface area contributed by atoms with Crippen LogP contribution in [-0.4, -0.2) is 38.6 Å². The first-order valence-electron chi connectivity index (χ1n) is 9.88. The van der Waals surface area contributed by atoms with E-state index in [0.29, 0.717) is 13.2 Å². The van der Waals surface area contributed by atoms with E-state index in [-0.39, 0.29) is 18.1 Å². The summed E-state index contributed by atoms with van der Waals surface area (Å²) in [6.45, 7) is 5.11. The molecule has 3 atom stereocenters. The minimum absolute atomic E-state index is 0.254. The van der Waals surface area contributed by atoms with Crippen LogP contribution in [0, 0.1) is 0 Å². The van der Waals surface area contributed by atoms with Gasteiger partial charge in [0, 0.05) is 11.3 Å². The van der Waals surface area contributed by atoms with Gasteiger partial charge in [0.1, 0.15) is 36.9 Å². The largest absolute Gasteiger partial charge is 0.491 e. The molecule has 0 amide bonds. The fourth-order valence-corrected chi connectivity index (χ4v) is 3.54. The average Bonchev–Trinajstić information content (AvgIpc) is 3.65. The fourth-order valence-electron chi connectivity index (χ4n) is 3.54. The highest BCUT2D eigenvalue weighted by atomic mass is 16.6. The molecule has 0 aliphatic carbocycles. The van der Waals surface area contributed by atoms with Gasteiger partial charge in [0.05, 0.1) is 13.2 Å². The van der Waals surface area contributed by atoms with Crippen LogP contribution in [0.15, 0.2) is 60.7 Å². The molecule has 0 spiro atoms. The van der Waals surface area contributed by atoms with Crippen molar-refractivity contribution in [1.82, 2.24) is 0 Å². The molecule has 144 valence electrons. The van der Waals surface area contributed by atoms with Crippen molar-refractivity contribution in [1.29, 1.82) is 0 Å². The lowest BCUT2D eigenvalue weighted by Gasteiger charge is -2.17. The molecule has 2 heterocycles. The Labute approximate surface area is 165 Å². The smallest absolute Gasteiger partial charge is 0.127 e. The van der Waals surface area contributed by atoms with Crippen molar-refractivity contribution in [2.75, 3.05) is 26.4 Å². The number of fused-ring (bicyclic) bond motifs is 1. The molecule has 0 aromatic heterocycles. The van der Waals surface area contributed by atoms with E-state index in [1.807, 2.05) is 18.2 Å². The lowest BCUT2D eigenvalue weighted by molar-refractivity contribution is 0.263. The molecular formula is C24H24O4. The van der Waals surface area contributed by atoms with Crippen LogP contribution in [-0.2, 0) is 9.47 Å². The summed E-state index contributed by atoms with van der Waals surface area (Å²) in [6, 6.07) is 21.1. The number of rotatable bonds is 8. The number of hydrogen-bond donors (Lipinski definition) is 0. The van der Waals surface area contributed by atoms with E-state index >= 15 is 0 Å². The molecule has 3 aromatic rings. The molecule has 2 fully saturated rings. The summed E-state index contributed by atoms with van der Waals surface area (Å²) >= 11 is 0. The summed E-state index contributed by atoms with van der Waals surface area (Å²) in [5.41, 5.74) is 2.56. The zero-order chi connectivity index (χ0) is 18.9. The van der Waals surface area contributed by atoms with Crippen LogP contribution >= 0.6 is 0 Å². The van der Waals surface area contributed by atoms with Gasteiger partial charge in [-0.3, -0.25) is 0 Å². The lowest BCUT2D eigenvalue weighted by Crippen LogP contribution is -2.05. The van der Waals surface area contributed by atoms with Crippen molar-refractivity contribution < 1.29 is 18.9 Å². The van der Waals surface area contributed by atoms with Gasteiger partial charge < -0.3 is 18.9 Å². The van der Waals surface area contributed by atoms with Crippen LogP contribution in [0.2, 0.25) is 0 Å². The second kappa shape index (κ2) is 7.46. The molecule has 4 heteroatoms. The highest BCUT2D eigenvalue weighted by Crippen LogP contribution is 2.35. The fraction of sp³-hybridized carbons (Fsp3) is 0.333. The monoisotopic (exact) mass is 376 g/mol. The molecule has 5 rings (SSSR count). The molecule has 0 saturated carbocycles. The van der Waals surface area contributed by atoms with Crippen molar-refractivity contribution in [3.05, 3.63) is 71.8 Å². The van der Waals surface area contributed by atoms with E-state index in [0.717, 1.165) is 30.1 Å². The number of hydrogen-bond acceptors (Lipinski definition) is 4. The van der Waals surface area contributed by atoms with Crippen LogP contribution in [0.3, 0.4) is 0 Å². The SMILES string of the molecule is CC(c1ccc(OCC2CO2)cc1)c1cccc2c(OCC3CO3)cccc12. The molecule has 2 aliphatic heterocycles. The van der Waals surface area contributed by atoms with Crippen LogP contribution in [0.25, 0.3) is 10.8 Å². The summed E-state index contributed by atoms with van der Waals surface area (Å²) in [5, 5.41) is 2.38. The highest BCUT2D eigenvalue weighted by Gasteiger charge is 2.24. The lowest BCUT2D eigenvalue weighted by atomic mass is 9.89. The Morgan fingerprint density at radius 2 is 1.46 bits per heavy atom. The topological polar surface area (TPSA) is 43.5 Å². The zero-order valence-corrected chi connectivity index (χ0v) is 16.0. The van der Waals surface area contributed by atoms with Gasteiger partial charge in [-0.25, -0.2) is 0 Å². The van der Waals surface area contributed by atoms with Crippen LogP contribution < -0.4 is 9.47 Å². The summed E-state index contributed by atoms with van der Waals surface area (Å²) < 4.78 is 22.2. The van der Waals surface area contributed by atoms with Gasteiger partial charge in [-0.05, 0) is 34.7 Å². The third-order valence-electron chi connectivity index (χ3n) is 5.43. The Balaban J connectivity index is 1.38. The Morgan fingerprint density at radius 3 is 2.18 bits per heavy atom. The van der Waals surface area contributed by atoms with Crippen molar-refractivity contribution in [2.45, 2.75) is 25.0 Å². The van der Waals surface area contributed by atoms with E-state index in [9.17, 15) is 0 Å². The first kappa shape index (κ1) is 17.5. The van der Waals surface area contributed by atoms with Gasteiger partial charge in [0.2, 0.25) is 0 Å². The maximum absolute atomic E-state index is 6.00. The van der Waals surface area contributed by atoms with Crippen LogP contribution in [0.1, 0.15) is 24.0 Å². The average molecular weight is 376 g/mol. The Morgan fingerprint density at radius 1 is 0.821 bits per heavy atom. The normalized spacial score (nSPS) is 21.3. The summed E-state index contributed by atoms with van der Waals surface area (Å²) in [7, 11) is 0. The van der Waals surface area contributed by atoms with E-state index in [2.05, 4.69) is 49.4 Å². The second-order valence-corrected chi connectivity index (χ2v) is 7.52. The number of ether oxygens (including phenoxy) is 4. The van der Waals surface area contributed by atoms with Crippen LogP contribution in [0.4, 0.5) is 0 Å². The molecule has 0 bridgehead atoms. The molecule has 0 radical (unpaired) electrons. The summed E-state index contributed by atoms with van der Waals surface area (Å²) in [5.74, 6) is 2.09. The van der Waals surface area contributed by atoms with E-state index in [1.165, 1.54) is 16.5 Å². The zero-order valence-electron chi connectivity index (χ0n) is 16.0. The third kappa shape index (κ3) is 3.84. The number of benzene rings is 3.